The molecule has 0 spiro atoms. The lowest BCUT2D eigenvalue weighted by molar-refractivity contribution is -0.895. The van der Waals surface area contributed by atoms with E-state index in [4.69, 9.17) is 0 Å². The highest BCUT2D eigenvalue weighted by molar-refractivity contribution is 5.94. The van der Waals surface area contributed by atoms with E-state index in [0.29, 0.717) is 19.6 Å². The smallest absolute Gasteiger partial charge is 0.279 e. The second kappa shape index (κ2) is 11.0. The molecule has 2 aromatic carbocycles. The van der Waals surface area contributed by atoms with Crippen molar-refractivity contribution in [2.24, 2.45) is 0 Å². The maximum absolute atomic E-state index is 12.9. The van der Waals surface area contributed by atoms with Gasteiger partial charge in [0.25, 0.3) is 11.8 Å². The second-order valence-corrected chi connectivity index (χ2v) is 8.00. The van der Waals surface area contributed by atoms with Crippen LogP contribution in [0, 0.1) is 0 Å². The van der Waals surface area contributed by atoms with Gasteiger partial charge in [-0.3, -0.25) is 9.59 Å². The van der Waals surface area contributed by atoms with Crippen LogP contribution in [0.15, 0.2) is 48.5 Å². The van der Waals surface area contributed by atoms with Crippen LogP contribution in [0.4, 0.5) is 11.4 Å². The van der Waals surface area contributed by atoms with Crippen molar-refractivity contribution in [3.05, 3.63) is 59.7 Å². The molecule has 0 aliphatic carbocycles. The topological polar surface area (TPSA) is 57.1 Å². The highest BCUT2D eigenvalue weighted by Crippen LogP contribution is 2.16. The van der Waals surface area contributed by atoms with Gasteiger partial charge in [-0.25, -0.2) is 0 Å². The van der Waals surface area contributed by atoms with E-state index in [2.05, 4.69) is 31.0 Å². The average Bonchev–Trinajstić information content (AvgIpc) is 2.80. The Bertz CT molecular complexity index is 869. The number of anilines is 2. The molecule has 2 aromatic rings. The Balaban J connectivity index is 1.50. The van der Waals surface area contributed by atoms with E-state index in [9.17, 15) is 9.59 Å². The highest BCUT2D eigenvalue weighted by atomic mass is 16.2. The van der Waals surface area contributed by atoms with Gasteiger partial charge in [-0.15, -0.1) is 0 Å². The Hall–Kier alpha value is -2.86. The van der Waals surface area contributed by atoms with Crippen LogP contribution in [0.2, 0.25) is 0 Å². The zero-order valence-corrected chi connectivity index (χ0v) is 19.0. The Morgan fingerprint density at radius 2 is 1.61 bits per heavy atom. The highest BCUT2D eigenvalue weighted by Gasteiger charge is 2.26. The van der Waals surface area contributed by atoms with Gasteiger partial charge < -0.3 is 20.0 Å². The van der Waals surface area contributed by atoms with Crippen LogP contribution in [0.5, 0.6) is 0 Å². The van der Waals surface area contributed by atoms with Gasteiger partial charge in [0.15, 0.2) is 6.54 Å². The maximum atomic E-state index is 12.9. The number of nitrogens with zero attached hydrogens (tertiary/aromatic N) is 2. The normalized spacial score (nSPS) is 14.4. The minimum Gasteiger partial charge on any atom is -0.372 e. The Morgan fingerprint density at radius 1 is 0.968 bits per heavy atom. The van der Waals surface area contributed by atoms with Crippen LogP contribution in [0.25, 0.3) is 0 Å². The van der Waals surface area contributed by atoms with Crippen LogP contribution in [0.3, 0.4) is 0 Å². The van der Waals surface area contributed by atoms with Gasteiger partial charge >= 0.3 is 0 Å². The molecule has 0 aromatic heterocycles. The fourth-order valence-corrected chi connectivity index (χ4v) is 4.16. The number of carbonyl (C=O) groups excluding carboxylic acids is 2. The maximum Gasteiger partial charge on any atom is 0.279 e. The van der Waals surface area contributed by atoms with Gasteiger partial charge in [-0.05, 0) is 56.2 Å². The van der Waals surface area contributed by atoms with Crippen molar-refractivity contribution in [1.82, 2.24) is 4.90 Å². The Morgan fingerprint density at radius 3 is 2.23 bits per heavy atom. The van der Waals surface area contributed by atoms with E-state index in [1.165, 1.54) is 4.90 Å². The molecule has 166 valence electrons. The van der Waals surface area contributed by atoms with E-state index in [-0.39, 0.29) is 11.8 Å². The van der Waals surface area contributed by atoms with Gasteiger partial charge in [-0.1, -0.05) is 25.1 Å². The third-order valence-corrected chi connectivity index (χ3v) is 6.08. The van der Waals surface area contributed by atoms with Gasteiger partial charge in [0.05, 0.1) is 26.2 Å². The summed E-state index contributed by atoms with van der Waals surface area (Å²) in [6.07, 6.45) is 0.889. The Labute approximate surface area is 185 Å². The third-order valence-electron chi connectivity index (χ3n) is 6.08. The lowest BCUT2D eigenvalue weighted by Gasteiger charge is -2.32. The number of piperazine rings is 1. The summed E-state index contributed by atoms with van der Waals surface area (Å²) in [6, 6.07) is 15.8. The Kier molecular flexibility index (Phi) is 8.06. The number of amides is 2. The lowest BCUT2D eigenvalue weighted by Crippen LogP contribution is -3.15. The van der Waals surface area contributed by atoms with Crippen LogP contribution in [-0.2, 0) is 11.2 Å². The molecule has 0 saturated carbocycles. The fraction of sp³-hybridized carbons (Fsp3) is 0.440. The molecule has 1 fully saturated rings. The molecular weight excluding hydrogens is 388 g/mol. The van der Waals surface area contributed by atoms with Gasteiger partial charge in [0.2, 0.25) is 0 Å². The minimum atomic E-state index is 0.0302. The molecule has 31 heavy (non-hydrogen) atoms. The molecule has 0 unspecified atom stereocenters. The van der Waals surface area contributed by atoms with E-state index in [0.717, 1.165) is 55.1 Å². The minimum absolute atomic E-state index is 0.0302. The molecule has 2 N–H and O–H groups in total. The first kappa shape index (κ1) is 22.8. The van der Waals surface area contributed by atoms with Crippen LogP contribution in [0.1, 0.15) is 36.7 Å². The summed E-state index contributed by atoms with van der Waals surface area (Å²) in [5, 5.41) is 3.05. The number of carbonyl (C=O) groups is 2. The second-order valence-electron chi connectivity index (χ2n) is 8.00. The zero-order valence-electron chi connectivity index (χ0n) is 19.0. The number of nitrogens with one attached hydrogen (secondary N) is 2. The molecular formula is C25H35N4O2+. The van der Waals surface area contributed by atoms with Crippen molar-refractivity contribution in [2.45, 2.75) is 27.2 Å². The molecule has 2 amide bonds. The number of hydrogen-bond acceptors (Lipinski definition) is 3. The molecule has 1 saturated heterocycles. The van der Waals surface area contributed by atoms with E-state index in [1.54, 1.807) is 0 Å². The first-order chi connectivity index (χ1) is 15.0. The summed E-state index contributed by atoms with van der Waals surface area (Å²) in [6.45, 7) is 11.6. The number of aryl methyl sites for hydroxylation is 1. The van der Waals surface area contributed by atoms with Gasteiger partial charge in [0.1, 0.15) is 0 Å². The van der Waals surface area contributed by atoms with Crippen molar-refractivity contribution in [2.75, 3.05) is 56.0 Å². The molecule has 6 heteroatoms. The number of para-hydroxylation sites is 1. The molecule has 1 aliphatic rings. The van der Waals surface area contributed by atoms with Crippen molar-refractivity contribution in [1.29, 1.82) is 0 Å². The van der Waals surface area contributed by atoms with Gasteiger partial charge in [-0.2, -0.15) is 0 Å². The average molecular weight is 424 g/mol. The van der Waals surface area contributed by atoms with E-state index >= 15 is 0 Å². The third kappa shape index (κ3) is 5.85. The monoisotopic (exact) mass is 423 g/mol. The van der Waals surface area contributed by atoms with Crippen molar-refractivity contribution >= 4 is 23.2 Å². The number of hydrogen-bond donors (Lipinski definition) is 2. The van der Waals surface area contributed by atoms with Gasteiger partial charge in [0, 0.05) is 30.0 Å². The fourth-order valence-electron chi connectivity index (χ4n) is 4.16. The summed E-state index contributed by atoms with van der Waals surface area (Å²) >= 11 is 0. The first-order valence-corrected chi connectivity index (χ1v) is 11.4. The summed E-state index contributed by atoms with van der Waals surface area (Å²) in [5.74, 6) is 0.106. The molecule has 1 aliphatic heterocycles. The largest absolute Gasteiger partial charge is 0.372 e. The summed E-state index contributed by atoms with van der Waals surface area (Å²) < 4.78 is 0. The van der Waals surface area contributed by atoms with Crippen molar-refractivity contribution < 1.29 is 14.5 Å². The number of benzene rings is 2. The molecule has 3 rings (SSSR count). The molecule has 0 atom stereocenters. The molecule has 6 nitrogen and oxygen atoms in total. The SMILES string of the molecule is CCc1ccccc1NC(=O)C[NH+]1CCN(C(=O)c2ccc(N(CC)CC)cc2)CC1. The first-order valence-electron chi connectivity index (χ1n) is 11.4. The summed E-state index contributed by atoms with van der Waals surface area (Å²) in [7, 11) is 0. The summed E-state index contributed by atoms with van der Waals surface area (Å²) in [5.41, 5.74) is 3.92. The molecule has 1 heterocycles. The quantitative estimate of drug-likeness (QED) is 0.684. The molecule has 0 radical (unpaired) electrons. The van der Waals surface area contributed by atoms with E-state index < -0.39 is 0 Å². The van der Waals surface area contributed by atoms with E-state index in [1.807, 2.05) is 53.4 Å². The predicted molar refractivity (Wildman–Crippen MR) is 126 cm³/mol. The standard InChI is InChI=1S/C25H34N4O2/c1-4-20-9-7-8-10-23(20)26-24(30)19-27-15-17-29(18-16-27)25(31)21-11-13-22(14-12-21)28(5-2)6-3/h7-14H,4-6,15-19H2,1-3H3,(H,26,30)/p+1. The molecule has 0 bridgehead atoms. The number of rotatable bonds is 8. The van der Waals surface area contributed by atoms with Crippen LogP contribution in [-0.4, -0.2) is 62.5 Å². The van der Waals surface area contributed by atoms with Crippen LogP contribution >= 0.6 is 0 Å². The summed E-state index contributed by atoms with van der Waals surface area (Å²) in [4.78, 5) is 30.8. The lowest BCUT2D eigenvalue weighted by atomic mass is 10.1. The van der Waals surface area contributed by atoms with Crippen molar-refractivity contribution in [3.8, 4) is 0 Å². The zero-order chi connectivity index (χ0) is 22.2. The van der Waals surface area contributed by atoms with Crippen LogP contribution < -0.4 is 15.1 Å². The number of quaternary nitrogens is 1. The van der Waals surface area contributed by atoms with Crippen molar-refractivity contribution in [3.63, 3.8) is 0 Å². The predicted octanol–water partition coefficient (Wildman–Crippen LogP) is 2.07.